The Morgan fingerprint density at radius 1 is 1.17 bits per heavy atom. The number of rotatable bonds is 6. The van der Waals surface area contributed by atoms with Crippen molar-refractivity contribution in [2.45, 2.75) is 53.4 Å². The van der Waals surface area contributed by atoms with Crippen molar-refractivity contribution < 1.29 is 0 Å². The first-order chi connectivity index (χ1) is 8.33. The second kappa shape index (κ2) is 6.38. The summed E-state index contributed by atoms with van der Waals surface area (Å²) >= 11 is 0. The summed E-state index contributed by atoms with van der Waals surface area (Å²) in [5, 5.41) is 3.54. The van der Waals surface area contributed by atoms with Crippen molar-refractivity contribution >= 4 is 0 Å². The summed E-state index contributed by atoms with van der Waals surface area (Å²) in [6.07, 6.45) is 1.18. The summed E-state index contributed by atoms with van der Waals surface area (Å²) in [6, 6.07) is 6.82. The van der Waals surface area contributed by atoms with Crippen LogP contribution in [0.15, 0.2) is 18.2 Å². The fourth-order valence-corrected chi connectivity index (χ4v) is 2.50. The minimum Gasteiger partial charge on any atom is -0.316 e. The summed E-state index contributed by atoms with van der Waals surface area (Å²) in [4.78, 5) is 0. The minimum atomic E-state index is 0.252. The second-order valence-corrected chi connectivity index (χ2v) is 6.55. The lowest BCUT2D eigenvalue weighted by molar-refractivity contribution is 0.440. The third kappa shape index (κ3) is 4.45. The second-order valence-electron chi connectivity index (χ2n) is 6.55. The van der Waals surface area contributed by atoms with E-state index in [0.29, 0.717) is 0 Å². The molecule has 0 saturated heterocycles. The van der Waals surface area contributed by atoms with Gasteiger partial charge in [-0.05, 0) is 55.8 Å². The minimum absolute atomic E-state index is 0.252. The molecule has 1 rings (SSSR count). The van der Waals surface area contributed by atoms with Gasteiger partial charge < -0.3 is 5.32 Å². The Morgan fingerprint density at radius 2 is 1.83 bits per heavy atom. The Hall–Kier alpha value is -0.820. The first kappa shape index (κ1) is 15.2. The van der Waals surface area contributed by atoms with Gasteiger partial charge in [0.1, 0.15) is 0 Å². The molecule has 1 aromatic carbocycles. The molecule has 0 atom stereocenters. The van der Waals surface area contributed by atoms with Gasteiger partial charge in [-0.3, -0.25) is 0 Å². The molecule has 0 spiro atoms. The molecule has 0 bridgehead atoms. The normalized spacial score (nSPS) is 12.2. The van der Waals surface area contributed by atoms with E-state index in [1.807, 2.05) is 0 Å². The summed E-state index contributed by atoms with van der Waals surface area (Å²) < 4.78 is 0. The van der Waals surface area contributed by atoms with Gasteiger partial charge in [-0.1, -0.05) is 51.5 Å². The number of benzene rings is 1. The highest BCUT2D eigenvalue weighted by molar-refractivity contribution is 5.35. The van der Waals surface area contributed by atoms with E-state index in [9.17, 15) is 0 Å². The summed E-state index contributed by atoms with van der Waals surface area (Å²) in [7, 11) is 0. The molecule has 18 heavy (non-hydrogen) atoms. The molecule has 0 heterocycles. The van der Waals surface area contributed by atoms with Crippen LogP contribution in [-0.4, -0.2) is 13.1 Å². The maximum atomic E-state index is 3.54. The lowest BCUT2D eigenvalue weighted by atomic mass is 9.79. The van der Waals surface area contributed by atoms with Crippen molar-refractivity contribution in [1.29, 1.82) is 0 Å². The van der Waals surface area contributed by atoms with Crippen LogP contribution in [0.3, 0.4) is 0 Å². The maximum Gasteiger partial charge on any atom is -0.00258 e. The maximum absolute atomic E-state index is 3.54. The van der Waals surface area contributed by atoms with Crippen LogP contribution in [0.25, 0.3) is 0 Å². The molecule has 0 fully saturated rings. The zero-order chi connectivity index (χ0) is 13.8. The van der Waals surface area contributed by atoms with Crippen molar-refractivity contribution in [3.63, 3.8) is 0 Å². The highest BCUT2D eigenvalue weighted by atomic mass is 14.9. The molecule has 1 heteroatoms. The van der Waals surface area contributed by atoms with E-state index in [2.05, 4.69) is 65.1 Å². The summed E-state index contributed by atoms with van der Waals surface area (Å²) in [5.74, 6) is 0.731. The quantitative estimate of drug-likeness (QED) is 0.742. The smallest absolute Gasteiger partial charge is 0.00258 e. The topological polar surface area (TPSA) is 12.0 Å². The molecule has 0 aliphatic rings. The SMILES string of the molecule is Cc1ccc(C(C)(C)CCNCC(C)C)c(C)c1. The van der Waals surface area contributed by atoms with E-state index in [-0.39, 0.29) is 5.41 Å². The van der Waals surface area contributed by atoms with E-state index in [0.717, 1.165) is 19.0 Å². The van der Waals surface area contributed by atoms with Gasteiger partial charge in [0.25, 0.3) is 0 Å². The van der Waals surface area contributed by atoms with Crippen LogP contribution in [0.5, 0.6) is 0 Å². The lowest BCUT2D eigenvalue weighted by Crippen LogP contribution is -2.28. The predicted octanol–water partition coefficient (Wildman–Crippen LogP) is 4.22. The number of nitrogens with one attached hydrogen (secondary N) is 1. The lowest BCUT2D eigenvalue weighted by Gasteiger charge is -2.28. The molecule has 1 aromatic rings. The molecule has 0 radical (unpaired) electrons. The zero-order valence-electron chi connectivity index (χ0n) is 12.9. The van der Waals surface area contributed by atoms with Gasteiger partial charge in [-0.25, -0.2) is 0 Å². The molecule has 0 aromatic heterocycles. The van der Waals surface area contributed by atoms with Crippen LogP contribution >= 0.6 is 0 Å². The largest absolute Gasteiger partial charge is 0.316 e. The first-order valence-corrected chi connectivity index (χ1v) is 7.11. The van der Waals surface area contributed by atoms with Gasteiger partial charge in [-0.2, -0.15) is 0 Å². The monoisotopic (exact) mass is 247 g/mol. The van der Waals surface area contributed by atoms with E-state index < -0.39 is 0 Å². The molecule has 0 aliphatic carbocycles. The Morgan fingerprint density at radius 3 is 2.39 bits per heavy atom. The third-order valence-electron chi connectivity index (χ3n) is 3.59. The molecular formula is C17H29N. The highest BCUT2D eigenvalue weighted by Crippen LogP contribution is 2.29. The molecule has 0 aliphatic heterocycles. The van der Waals surface area contributed by atoms with Gasteiger partial charge in [0.05, 0.1) is 0 Å². The molecule has 0 unspecified atom stereocenters. The molecule has 1 N–H and O–H groups in total. The first-order valence-electron chi connectivity index (χ1n) is 7.11. The van der Waals surface area contributed by atoms with Crippen molar-refractivity contribution in [2.24, 2.45) is 5.92 Å². The van der Waals surface area contributed by atoms with Crippen LogP contribution in [0, 0.1) is 19.8 Å². The van der Waals surface area contributed by atoms with Crippen molar-refractivity contribution in [2.75, 3.05) is 13.1 Å². The van der Waals surface area contributed by atoms with Gasteiger partial charge >= 0.3 is 0 Å². The average Bonchev–Trinajstić information content (AvgIpc) is 2.23. The molecule has 102 valence electrons. The number of hydrogen-bond donors (Lipinski definition) is 1. The Labute approximate surface area is 113 Å². The van der Waals surface area contributed by atoms with Crippen molar-refractivity contribution in [1.82, 2.24) is 5.32 Å². The number of aryl methyl sites for hydroxylation is 2. The van der Waals surface area contributed by atoms with Crippen molar-refractivity contribution in [3.8, 4) is 0 Å². The summed E-state index contributed by atoms with van der Waals surface area (Å²) in [6.45, 7) is 15.8. The van der Waals surface area contributed by atoms with E-state index in [1.54, 1.807) is 0 Å². The van der Waals surface area contributed by atoms with Gasteiger partial charge in [-0.15, -0.1) is 0 Å². The standard InChI is InChI=1S/C17H29N/c1-13(2)12-18-10-9-17(5,6)16-8-7-14(3)11-15(16)4/h7-8,11,13,18H,9-10,12H2,1-6H3. The fraction of sp³-hybridized carbons (Fsp3) is 0.647. The van der Waals surface area contributed by atoms with Crippen LogP contribution < -0.4 is 5.32 Å². The molecule has 1 nitrogen and oxygen atoms in total. The van der Waals surface area contributed by atoms with Crippen LogP contribution in [0.2, 0.25) is 0 Å². The van der Waals surface area contributed by atoms with E-state index in [4.69, 9.17) is 0 Å². The molecule has 0 amide bonds. The average molecular weight is 247 g/mol. The summed E-state index contributed by atoms with van der Waals surface area (Å²) in [5.41, 5.74) is 4.51. The molecular weight excluding hydrogens is 218 g/mol. The predicted molar refractivity (Wildman–Crippen MR) is 81.3 cm³/mol. The Kier molecular flexibility index (Phi) is 5.40. The zero-order valence-corrected chi connectivity index (χ0v) is 12.9. The fourth-order valence-electron chi connectivity index (χ4n) is 2.50. The van der Waals surface area contributed by atoms with Crippen LogP contribution in [-0.2, 0) is 5.41 Å². The van der Waals surface area contributed by atoms with Crippen LogP contribution in [0.1, 0.15) is 50.8 Å². The highest BCUT2D eigenvalue weighted by Gasteiger charge is 2.21. The van der Waals surface area contributed by atoms with Gasteiger partial charge in [0.2, 0.25) is 0 Å². The van der Waals surface area contributed by atoms with Crippen molar-refractivity contribution in [3.05, 3.63) is 34.9 Å². The van der Waals surface area contributed by atoms with Gasteiger partial charge in [0.15, 0.2) is 0 Å². The van der Waals surface area contributed by atoms with Gasteiger partial charge in [0, 0.05) is 0 Å². The Bertz CT molecular complexity index is 377. The third-order valence-corrected chi connectivity index (χ3v) is 3.59. The Balaban J connectivity index is 2.62. The van der Waals surface area contributed by atoms with E-state index in [1.165, 1.54) is 23.1 Å². The molecule has 0 saturated carbocycles. The van der Waals surface area contributed by atoms with Crippen LogP contribution in [0.4, 0.5) is 0 Å². The van der Waals surface area contributed by atoms with E-state index >= 15 is 0 Å². The number of hydrogen-bond acceptors (Lipinski definition) is 1.